The van der Waals surface area contributed by atoms with Crippen LogP contribution in [0.1, 0.15) is 27.7 Å². The lowest BCUT2D eigenvalue weighted by molar-refractivity contribution is -0.0893. The summed E-state index contributed by atoms with van der Waals surface area (Å²) in [5.41, 5.74) is 5.15. The van der Waals surface area contributed by atoms with E-state index in [1.54, 1.807) is 27.1 Å². The molecule has 0 aliphatic rings. The standard InChI is InChI=1S/C12H22BN3O2/c1-11(2,17)12(3,4)18-13-9-6-7-10(15-8-9)16-14-5/h6-8,13-14,17H,1-5H3,(H,15,16). The molecule has 0 aromatic carbocycles. The number of nitrogens with zero attached hydrogens (tertiary/aromatic N) is 1. The summed E-state index contributed by atoms with van der Waals surface area (Å²) in [6.45, 7) is 7.23. The smallest absolute Gasteiger partial charge is 0.311 e. The molecular formula is C12H22BN3O2. The van der Waals surface area contributed by atoms with Crippen molar-refractivity contribution in [1.29, 1.82) is 0 Å². The van der Waals surface area contributed by atoms with Gasteiger partial charge in [-0.3, -0.25) is 0 Å². The van der Waals surface area contributed by atoms with Crippen LogP contribution in [0.2, 0.25) is 0 Å². The lowest BCUT2D eigenvalue weighted by atomic mass is 9.83. The molecule has 0 radical (unpaired) electrons. The predicted octanol–water partition coefficient (Wildman–Crippen LogP) is 0.171. The lowest BCUT2D eigenvalue weighted by Crippen LogP contribution is -2.49. The highest BCUT2D eigenvalue weighted by atomic mass is 16.5. The molecule has 0 aliphatic carbocycles. The Morgan fingerprint density at radius 2 is 1.94 bits per heavy atom. The van der Waals surface area contributed by atoms with Crippen molar-refractivity contribution in [3.8, 4) is 0 Å². The monoisotopic (exact) mass is 251 g/mol. The van der Waals surface area contributed by atoms with E-state index in [0.29, 0.717) is 7.48 Å². The van der Waals surface area contributed by atoms with Gasteiger partial charge in [0.15, 0.2) is 0 Å². The minimum Gasteiger partial charge on any atom is -0.427 e. The third-order valence-electron chi connectivity index (χ3n) is 3.15. The van der Waals surface area contributed by atoms with Crippen LogP contribution >= 0.6 is 0 Å². The third-order valence-corrected chi connectivity index (χ3v) is 3.15. The van der Waals surface area contributed by atoms with Crippen LogP contribution in [0.25, 0.3) is 0 Å². The molecule has 18 heavy (non-hydrogen) atoms. The van der Waals surface area contributed by atoms with Crippen LogP contribution in [-0.2, 0) is 4.65 Å². The van der Waals surface area contributed by atoms with Crippen molar-refractivity contribution in [2.45, 2.75) is 38.9 Å². The summed E-state index contributed by atoms with van der Waals surface area (Å²) in [6.07, 6.45) is 1.75. The van der Waals surface area contributed by atoms with E-state index in [0.717, 1.165) is 11.3 Å². The molecule has 1 aromatic heterocycles. The van der Waals surface area contributed by atoms with Gasteiger partial charge in [0.25, 0.3) is 0 Å². The van der Waals surface area contributed by atoms with Gasteiger partial charge in [-0.05, 0) is 39.2 Å². The Hall–Kier alpha value is -1.11. The Labute approximate surface area is 109 Å². The maximum Gasteiger partial charge on any atom is 0.311 e. The second kappa shape index (κ2) is 5.69. The molecule has 5 nitrogen and oxygen atoms in total. The Morgan fingerprint density at radius 3 is 2.39 bits per heavy atom. The molecule has 1 aromatic rings. The van der Waals surface area contributed by atoms with Gasteiger partial charge in [-0.25, -0.2) is 10.4 Å². The topological polar surface area (TPSA) is 66.4 Å². The van der Waals surface area contributed by atoms with Crippen LogP contribution in [-0.4, -0.2) is 35.8 Å². The van der Waals surface area contributed by atoms with E-state index in [-0.39, 0.29) is 0 Å². The Balaban J connectivity index is 2.59. The molecule has 0 amide bonds. The number of rotatable bonds is 6. The summed E-state index contributed by atoms with van der Waals surface area (Å²) in [4.78, 5) is 4.22. The summed E-state index contributed by atoms with van der Waals surface area (Å²) >= 11 is 0. The van der Waals surface area contributed by atoms with Gasteiger partial charge in [0.1, 0.15) is 5.82 Å². The third kappa shape index (κ3) is 3.98. The van der Waals surface area contributed by atoms with Crippen LogP contribution in [0.3, 0.4) is 0 Å². The van der Waals surface area contributed by atoms with E-state index in [4.69, 9.17) is 4.65 Å². The summed E-state index contributed by atoms with van der Waals surface area (Å²) < 4.78 is 5.75. The maximum absolute atomic E-state index is 9.98. The number of nitrogens with one attached hydrogen (secondary N) is 2. The predicted molar refractivity (Wildman–Crippen MR) is 75.2 cm³/mol. The van der Waals surface area contributed by atoms with E-state index in [2.05, 4.69) is 15.8 Å². The number of hydrazine groups is 1. The Kier molecular flexibility index (Phi) is 4.73. The highest BCUT2D eigenvalue weighted by Crippen LogP contribution is 2.24. The molecule has 0 aliphatic heterocycles. The molecule has 0 bridgehead atoms. The van der Waals surface area contributed by atoms with Crippen LogP contribution in [0.5, 0.6) is 0 Å². The number of aliphatic hydroxyl groups is 1. The van der Waals surface area contributed by atoms with Crippen LogP contribution in [0.4, 0.5) is 5.82 Å². The summed E-state index contributed by atoms with van der Waals surface area (Å²) in [7, 11) is 2.20. The number of pyridine rings is 1. The van der Waals surface area contributed by atoms with Gasteiger partial charge in [-0.15, -0.1) is 0 Å². The molecular weight excluding hydrogens is 229 g/mol. The first-order valence-electron chi connectivity index (χ1n) is 6.00. The summed E-state index contributed by atoms with van der Waals surface area (Å²) in [5, 5.41) is 9.98. The van der Waals surface area contributed by atoms with Crippen molar-refractivity contribution in [1.82, 2.24) is 10.4 Å². The maximum atomic E-state index is 9.98. The van der Waals surface area contributed by atoms with Crippen molar-refractivity contribution in [2.75, 3.05) is 12.5 Å². The normalized spacial score (nSPS) is 12.3. The first kappa shape index (κ1) is 15.0. The van der Waals surface area contributed by atoms with E-state index in [9.17, 15) is 5.11 Å². The quantitative estimate of drug-likeness (QED) is 0.497. The Bertz CT molecular complexity index is 374. The van der Waals surface area contributed by atoms with Crippen molar-refractivity contribution in [2.24, 2.45) is 0 Å². The zero-order chi connectivity index (χ0) is 13.8. The van der Waals surface area contributed by atoms with Crippen LogP contribution < -0.4 is 16.3 Å². The minimum absolute atomic E-state index is 0.420. The number of anilines is 1. The molecule has 0 unspecified atom stereocenters. The summed E-state index contributed by atoms with van der Waals surface area (Å²) in [5.74, 6) is 0.753. The molecule has 0 saturated heterocycles. The molecule has 6 heteroatoms. The lowest BCUT2D eigenvalue weighted by Gasteiger charge is -2.37. The number of hydrogen-bond donors (Lipinski definition) is 3. The molecule has 0 saturated carbocycles. The SMILES string of the molecule is CNNc1ccc(BOC(C)(C)C(C)(C)O)cn1. The molecule has 3 N–H and O–H groups in total. The molecule has 1 heterocycles. The molecule has 1 rings (SSSR count). The Morgan fingerprint density at radius 1 is 1.28 bits per heavy atom. The fourth-order valence-corrected chi connectivity index (χ4v) is 1.15. The van der Waals surface area contributed by atoms with Gasteiger partial charge >= 0.3 is 7.48 Å². The second-order valence-electron chi connectivity index (χ2n) is 5.28. The molecule has 0 fully saturated rings. The van der Waals surface area contributed by atoms with Crippen LogP contribution in [0.15, 0.2) is 18.3 Å². The van der Waals surface area contributed by atoms with Crippen molar-refractivity contribution < 1.29 is 9.76 Å². The average Bonchev–Trinajstić information content (AvgIpc) is 2.27. The zero-order valence-corrected chi connectivity index (χ0v) is 11.7. The van der Waals surface area contributed by atoms with Gasteiger partial charge in [0.2, 0.25) is 0 Å². The number of aromatic nitrogens is 1. The van der Waals surface area contributed by atoms with Gasteiger partial charge < -0.3 is 15.2 Å². The largest absolute Gasteiger partial charge is 0.427 e. The van der Waals surface area contributed by atoms with Crippen LogP contribution in [0, 0.1) is 0 Å². The van der Waals surface area contributed by atoms with Gasteiger partial charge in [-0.1, -0.05) is 6.07 Å². The fourth-order valence-electron chi connectivity index (χ4n) is 1.15. The fraction of sp³-hybridized carbons (Fsp3) is 0.583. The summed E-state index contributed by atoms with van der Waals surface area (Å²) in [6, 6.07) is 3.80. The number of hydrogen-bond acceptors (Lipinski definition) is 5. The molecule has 0 atom stereocenters. The highest BCUT2D eigenvalue weighted by Gasteiger charge is 2.35. The van der Waals surface area contributed by atoms with Gasteiger partial charge in [-0.2, -0.15) is 0 Å². The van der Waals surface area contributed by atoms with Crippen molar-refractivity contribution >= 4 is 18.8 Å². The molecule has 0 spiro atoms. The first-order valence-corrected chi connectivity index (χ1v) is 6.00. The van der Waals surface area contributed by atoms with E-state index >= 15 is 0 Å². The zero-order valence-electron chi connectivity index (χ0n) is 11.7. The van der Waals surface area contributed by atoms with Gasteiger partial charge in [0.05, 0.1) is 11.2 Å². The van der Waals surface area contributed by atoms with Gasteiger partial charge in [0, 0.05) is 13.2 Å². The van der Waals surface area contributed by atoms with Crippen molar-refractivity contribution in [3.05, 3.63) is 18.3 Å². The molecule has 100 valence electrons. The van der Waals surface area contributed by atoms with Crippen molar-refractivity contribution in [3.63, 3.8) is 0 Å². The highest BCUT2D eigenvalue weighted by molar-refractivity contribution is 6.46. The first-order chi connectivity index (χ1) is 8.26. The minimum atomic E-state index is -0.895. The average molecular weight is 251 g/mol. The second-order valence-corrected chi connectivity index (χ2v) is 5.28. The van der Waals surface area contributed by atoms with E-state index in [1.807, 2.05) is 26.0 Å². The van der Waals surface area contributed by atoms with E-state index < -0.39 is 11.2 Å². The van der Waals surface area contributed by atoms with E-state index in [1.165, 1.54) is 0 Å².